The molecule has 0 bridgehead atoms. The van der Waals surface area contributed by atoms with Crippen LogP contribution in [-0.2, 0) is 0 Å². The van der Waals surface area contributed by atoms with Gasteiger partial charge in [0.15, 0.2) is 0 Å². The van der Waals surface area contributed by atoms with E-state index in [4.69, 9.17) is 10.00 Å². The van der Waals surface area contributed by atoms with Gasteiger partial charge < -0.3 is 4.74 Å². The molecule has 0 fully saturated rings. The maximum absolute atomic E-state index is 8.81. The largest absolute Gasteiger partial charge is 0.493 e. The second-order valence-corrected chi connectivity index (χ2v) is 4.29. The number of nitrogens with zero attached hydrogens (tertiary/aromatic N) is 1. The Labute approximate surface area is 97.9 Å². The van der Waals surface area contributed by atoms with E-state index in [2.05, 4.69) is 19.9 Å². The van der Waals surface area contributed by atoms with Crippen LogP contribution >= 0.6 is 0 Å². The second kappa shape index (κ2) is 6.17. The van der Waals surface area contributed by atoms with E-state index in [0.29, 0.717) is 11.5 Å². The number of hydrogen-bond acceptors (Lipinski definition) is 2. The molecule has 0 aromatic heterocycles. The zero-order valence-corrected chi connectivity index (χ0v) is 10.3. The molecule has 0 amide bonds. The first kappa shape index (κ1) is 12.6. The minimum atomic E-state index is 0.584. The average Bonchev–Trinajstić information content (AvgIpc) is 2.27. The highest BCUT2D eigenvalue weighted by molar-refractivity contribution is 5.41. The van der Waals surface area contributed by atoms with Crippen LogP contribution in [0.3, 0.4) is 0 Å². The predicted octanol–water partition coefficient (Wildman–Crippen LogP) is 3.68. The van der Waals surface area contributed by atoms with Gasteiger partial charge in [0, 0.05) is 0 Å². The summed E-state index contributed by atoms with van der Waals surface area (Å²) < 4.78 is 5.69. The highest BCUT2D eigenvalue weighted by atomic mass is 16.5. The van der Waals surface area contributed by atoms with Crippen molar-refractivity contribution in [2.45, 2.75) is 33.6 Å². The molecule has 2 nitrogen and oxygen atoms in total. The van der Waals surface area contributed by atoms with Crippen LogP contribution in [-0.4, -0.2) is 6.61 Å². The average molecular weight is 217 g/mol. The molecule has 1 aromatic carbocycles. The van der Waals surface area contributed by atoms with Crippen molar-refractivity contribution >= 4 is 0 Å². The zero-order valence-electron chi connectivity index (χ0n) is 10.3. The molecule has 0 spiro atoms. The molecular weight excluding hydrogens is 198 g/mol. The van der Waals surface area contributed by atoms with Crippen molar-refractivity contribution in [2.75, 3.05) is 6.61 Å². The Morgan fingerprint density at radius 3 is 2.75 bits per heavy atom. The van der Waals surface area contributed by atoms with Crippen molar-refractivity contribution in [3.05, 3.63) is 29.3 Å². The van der Waals surface area contributed by atoms with E-state index in [9.17, 15) is 0 Å². The lowest BCUT2D eigenvalue weighted by molar-refractivity contribution is 0.251. The fourth-order valence-corrected chi connectivity index (χ4v) is 1.67. The van der Waals surface area contributed by atoms with Gasteiger partial charge in [-0.3, -0.25) is 0 Å². The first-order valence-electron chi connectivity index (χ1n) is 5.81. The van der Waals surface area contributed by atoms with Crippen LogP contribution in [0.4, 0.5) is 0 Å². The monoisotopic (exact) mass is 217 g/mol. The maximum atomic E-state index is 8.81. The van der Waals surface area contributed by atoms with E-state index in [0.717, 1.165) is 17.9 Å². The molecular formula is C14H19NO. The molecule has 0 aliphatic carbocycles. The Kier molecular flexibility index (Phi) is 4.85. The van der Waals surface area contributed by atoms with Gasteiger partial charge in [-0.25, -0.2) is 0 Å². The molecule has 0 saturated heterocycles. The van der Waals surface area contributed by atoms with Gasteiger partial charge in [0.05, 0.1) is 18.2 Å². The van der Waals surface area contributed by atoms with E-state index in [1.165, 1.54) is 12.8 Å². The SMILES string of the molecule is CCCC(C)COc1ccc(C#N)c(C)c1. The smallest absolute Gasteiger partial charge is 0.119 e. The minimum absolute atomic E-state index is 0.584. The lowest BCUT2D eigenvalue weighted by Crippen LogP contribution is -2.08. The van der Waals surface area contributed by atoms with Gasteiger partial charge >= 0.3 is 0 Å². The maximum Gasteiger partial charge on any atom is 0.119 e. The van der Waals surface area contributed by atoms with E-state index >= 15 is 0 Å². The summed E-state index contributed by atoms with van der Waals surface area (Å²) in [5.41, 5.74) is 1.69. The summed E-state index contributed by atoms with van der Waals surface area (Å²) in [5.74, 6) is 1.44. The standard InChI is InChI=1S/C14H19NO/c1-4-5-11(2)10-16-14-7-6-13(9-15)12(3)8-14/h6-8,11H,4-5,10H2,1-3H3. The van der Waals surface area contributed by atoms with Crippen LogP contribution in [0.5, 0.6) is 5.75 Å². The number of rotatable bonds is 5. The van der Waals surface area contributed by atoms with Gasteiger partial charge in [0.1, 0.15) is 5.75 Å². The van der Waals surface area contributed by atoms with E-state index in [-0.39, 0.29) is 0 Å². The van der Waals surface area contributed by atoms with Gasteiger partial charge in [0.2, 0.25) is 0 Å². The Morgan fingerprint density at radius 1 is 1.44 bits per heavy atom. The summed E-state index contributed by atoms with van der Waals surface area (Å²) in [6.07, 6.45) is 2.38. The van der Waals surface area contributed by atoms with Crippen LogP contribution in [0.1, 0.15) is 37.8 Å². The molecule has 0 N–H and O–H groups in total. The zero-order chi connectivity index (χ0) is 12.0. The normalized spacial score (nSPS) is 11.9. The van der Waals surface area contributed by atoms with Crippen LogP contribution in [0, 0.1) is 24.2 Å². The molecule has 16 heavy (non-hydrogen) atoms. The van der Waals surface area contributed by atoms with E-state index in [1.54, 1.807) is 0 Å². The number of nitriles is 1. The van der Waals surface area contributed by atoms with E-state index < -0.39 is 0 Å². The topological polar surface area (TPSA) is 33.0 Å². The van der Waals surface area contributed by atoms with Gasteiger partial charge in [-0.05, 0) is 43.0 Å². The Balaban J connectivity index is 2.56. The third-order valence-electron chi connectivity index (χ3n) is 2.63. The minimum Gasteiger partial charge on any atom is -0.493 e. The molecule has 1 unspecified atom stereocenters. The first-order chi connectivity index (χ1) is 7.67. The van der Waals surface area contributed by atoms with Gasteiger partial charge in [-0.2, -0.15) is 5.26 Å². The molecule has 1 rings (SSSR count). The van der Waals surface area contributed by atoms with Crippen molar-refractivity contribution in [1.29, 1.82) is 5.26 Å². The first-order valence-corrected chi connectivity index (χ1v) is 5.81. The highest BCUT2D eigenvalue weighted by Crippen LogP contribution is 2.18. The van der Waals surface area contributed by atoms with Gasteiger partial charge in [-0.1, -0.05) is 20.3 Å². The molecule has 0 heterocycles. The molecule has 1 atom stereocenters. The predicted molar refractivity (Wildman–Crippen MR) is 65.5 cm³/mol. The fraction of sp³-hybridized carbons (Fsp3) is 0.500. The number of hydrogen-bond donors (Lipinski definition) is 0. The van der Waals surface area contributed by atoms with Crippen LogP contribution < -0.4 is 4.74 Å². The van der Waals surface area contributed by atoms with Crippen molar-refractivity contribution < 1.29 is 4.74 Å². The van der Waals surface area contributed by atoms with E-state index in [1.807, 2.05) is 25.1 Å². The Bertz CT molecular complexity index is 379. The van der Waals surface area contributed by atoms with Gasteiger partial charge in [-0.15, -0.1) is 0 Å². The molecule has 0 aliphatic rings. The molecule has 0 aliphatic heterocycles. The lowest BCUT2D eigenvalue weighted by Gasteiger charge is -2.12. The van der Waals surface area contributed by atoms with Crippen LogP contribution in [0.15, 0.2) is 18.2 Å². The summed E-state index contributed by atoms with van der Waals surface area (Å²) in [7, 11) is 0. The van der Waals surface area contributed by atoms with Crippen LogP contribution in [0.25, 0.3) is 0 Å². The Morgan fingerprint density at radius 2 is 2.19 bits per heavy atom. The number of aryl methyl sites for hydroxylation is 1. The van der Waals surface area contributed by atoms with Crippen LogP contribution in [0.2, 0.25) is 0 Å². The summed E-state index contributed by atoms with van der Waals surface area (Å²) in [6.45, 7) is 7.06. The number of ether oxygens (including phenoxy) is 1. The summed E-state index contributed by atoms with van der Waals surface area (Å²) >= 11 is 0. The highest BCUT2D eigenvalue weighted by Gasteiger charge is 2.03. The second-order valence-electron chi connectivity index (χ2n) is 4.29. The molecule has 2 heteroatoms. The molecule has 0 saturated carbocycles. The van der Waals surface area contributed by atoms with Crippen molar-refractivity contribution in [1.82, 2.24) is 0 Å². The Hall–Kier alpha value is -1.49. The molecule has 1 aromatic rings. The number of benzene rings is 1. The van der Waals surface area contributed by atoms with Gasteiger partial charge in [0.25, 0.3) is 0 Å². The summed E-state index contributed by atoms with van der Waals surface area (Å²) in [6, 6.07) is 7.76. The quantitative estimate of drug-likeness (QED) is 0.753. The fourth-order valence-electron chi connectivity index (χ4n) is 1.67. The van der Waals surface area contributed by atoms with Crippen molar-refractivity contribution in [2.24, 2.45) is 5.92 Å². The summed E-state index contributed by atoms with van der Waals surface area (Å²) in [5, 5.41) is 8.81. The third kappa shape index (κ3) is 3.58. The third-order valence-corrected chi connectivity index (χ3v) is 2.63. The lowest BCUT2D eigenvalue weighted by atomic mass is 10.1. The van der Waals surface area contributed by atoms with Crippen molar-refractivity contribution in [3.8, 4) is 11.8 Å². The summed E-state index contributed by atoms with van der Waals surface area (Å²) in [4.78, 5) is 0. The molecule has 0 radical (unpaired) electrons. The molecule has 86 valence electrons. The van der Waals surface area contributed by atoms with Crippen molar-refractivity contribution in [3.63, 3.8) is 0 Å².